The maximum atomic E-state index is 11.8. The number of hydrogen-bond acceptors (Lipinski definition) is 2. The average molecular weight is 239 g/mol. The third-order valence-corrected chi connectivity index (χ3v) is 3.54. The highest BCUT2D eigenvalue weighted by molar-refractivity contribution is 6.32. The zero-order chi connectivity index (χ0) is 11.6. The monoisotopic (exact) mass is 238 g/mol. The van der Waals surface area contributed by atoms with Crippen LogP contribution in [0, 0.1) is 5.41 Å². The van der Waals surface area contributed by atoms with Gasteiger partial charge in [0.05, 0.1) is 5.56 Å². The van der Waals surface area contributed by atoms with Crippen LogP contribution in [0.15, 0.2) is 18.3 Å². The summed E-state index contributed by atoms with van der Waals surface area (Å²) in [5.74, 6) is -0.133. The number of carbonyl (C=O) groups is 1. The second-order valence-electron chi connectivity index (χ2n) is 4.69. The SMILES string of the molecule is CC1(CNC(=O)c2cccnc2Cl)CCC1. The fourth-order valence-corrected chi connectivity index (χ4v) is 2.11. The number of rotatable bonds is 3. The van der Waals surface area contributed by atoms with Crippen molar-refractivity contribution in [1.82, 2.24) is 10.3 Å². The Labute approximate surface area is 100 Å². The maximum Gasteiger partial charge on any atom is 0.254 e. The van der Waals surface area contributed by atoms with Crippen LogP contribution in [0.1, 0.15) is 36.5 Å². The van der Waals surface area contributed by atoms with Gasteiger partial charge in [-0.25, -0.2) is 4.98 Å². The fourth-order valence-electron chi connectivity index (χ4n) is 1.90. The van der Waals surface area contributed by atoms with Crippen molar-refractivity contribution in [2.24, 2.45) is 5.41 Å². The van der Waals surface area contributed by atoms with Gasteiger partial charge in [-0.3, -0.25) is 4.79 Å². The van der Waals surface area contributed by atoms with Crippen LogP contribution in [0.2, 0.25) is 5.15 Å². The van der Waals surface area contributed by atoms with Gasteiger partial charge in [0.15, 0.2) is 0 Å². The summed E-state index contributed by atoms with van der Waals surface area (Å²) in [5, 5.41) is 3.18. The van der Waals surface area contributed by atoms with Crippen molar-refractivity contribution in [3.05, 3.63) is 29.0 Å². The van der Waals surface area contributed by atoms with E-state index in [1.54, 1.807) is 18.3 Å². The van der Waals surface area contributed by atoms with Crippen molar-refractivity contribution in [3.63, 3.8) is 0 Å². The lowest BCUT2D eigenvalue weighted by Crippen LogP contribution is -2.40. The highest BCUT2D eigenvalue weighted by Gasteiger charge is 2.32. The topological polar surface area (TPSA) is 42.0 Å². The molecule has 1 aromatic heterocycles. The molecule has 86 valence electrons. The van der Waals surface area contributed by atoms with E-state index in [2.05, 4.69) is 17.2 Å². The van der Waals surface area contributed by atoms with Crippen molar-refractivity contribution in [1.29, 1.82) is 0 Å². The largest absolute Gasteiger partial charge is 0.351 e. The Morgan fingerprint density at radius 2 is 2.38 bits per heavy atom. The van der Waals surface area contributed by atoms with Crippen molar-refractivity contribution in [3.8, 4) is 0 Å². The molecule has 0 atom stereocenters. The molecular formula is C12H15ClN2O. The van der Waals surface area contributed by atoms with Gasteiger partial charge in [0.1, 0.15) is 5.15 Å². The summed E-state index contributed by atoms with van der Waals surface area (Å²) in [5.41, 5.74) is 0.733. The van der Waals surface area contributed by atoms with E-state index in [1.165, 1.54) is 19.3 Å². The molecule has 1 saturated carbocycles. The van der Waals surface area contributed by atoms with Gasteiger partial charge in [0.2, 0.25) is 0 Å². The van der Waals surface area contributed by atoms with Gasteiger partial charge in [-0.15, -0.1) is 0 Å². The number of nitrogens with zero attached hydrogens (tertiary/aromatic N) is 1. The minimum Gasteiger partial charge on any atom is -0.351 e. The van der Waals surface area contributed by atoms with Crippen LogP contribution in [-0.2, 0) is 0 Å². The van der Waals surface area contributed by atoms with Crippen LogP contribution in [0.3, 0.4) is 0 Å². The van der Waals surface area contributed by atoms with Crippen LogP contribution < -0.4 is 5.32 Å². The highest BCUT2D eigenvalue weighted by atomic mass is 35.5. The molecule has 1 heterocycles. The van der Waals surface area contributed by atoms with Gasteiger partial charge in [0.25, 0.3) is 5.91 Å². The second-order valence-corrected chi connectivity index (χ2v) is 5.05. The number of aromatic nitrogens is 1. The summed E-state index contributed by atoms with van der Waals surface area (Å²) >= 11 is 5.85. The van der Waals surface area contributed by atoms with Gasteiger partial charge in [-0.05, 0) is 30.4 Å². The molecule has 1 amide bonds. The van der Waals surface area contributed by atoms with E-state index in [0.717, 1.165) is 6.54 Å². The summed E-state index contributed by atoms with van der Waals surface area (Å²) < 4.78 is 0. The lowest BCUT2D eigenvalue weighted by atomic mass is 9.70. The highest BCUT2D eigenvalue weighted by Crippen LogP contribution is 2.39. The second kappa shape index (κ2) is 4.42. The van der Waals surface area contributed by atoms with E-state index in [-0.39, 0.29) is 16.5 Å². The number of pyridine rings is 1. The van der Waals surface area contributed by atoms with E-state index in [0.29, 0.717) is 5.56 Å². The van der Waals surface area contributed by atoms with Gasteiger partial charge >= 0.3 is 0 Å². The third kappa shape index (κ3) is 2.35. The molecule has 0 saturated heterocycles. The Bertz CT molecular complexity index is 402. The fraction of sp³-hybridized carbons (Fsp3) is 0.500. The zero-order valence-electron chi connectivity index (χ0n) is 9.29. The first kappa shape index (κ1) is 11.4. The minimum absolute atomic E-state index is 0.133. The number of halogens is 1. The molecule has 3 nitrogen and oxygen atoms in total. The number of hydrogen-bond donors (Lipinski definition) is 1. The molecule has 0 aromatic carbocycles. The van der Waals surface area contributed by atoms with Gasteiger partial charge in [-0.2, -0.15) is 0 Å². The molecule has 1 aromatic rings. The molecule has 0 spiro atoms. The Morgan fingerprint density at radius 1 is 1.62 bits per heavy atom. The normalized spacial score (nSPS) is 17.6. The molecule has 2 rings (SSSR count). The summed E-state index contributed by atoms with van der Waals surface area (Å²) in [6, 6.07) is 3.40. The molecule has 0 aliphatic heterocycles. The molecule has 0 unspecified atom stereocenters. The van der Waals surface area contributed by atoms with E-state index >= 15 is 0 Å². The number of nitrogens with one attached hydrogen (secondary N) is 1. The lowest BCUT2D eigenvalue weighted by molar-refractivity contribution is 0.0890. The molecule has 0 bridgehead atoms. The average Bonchev–Trinajstić information content (AvgIpc) is 2.24. The van der Waals surface area contributed by atoms with E-state index in [4.69, 9.17) is 11.6 Å². The van der Waals surface area contributed by atoms with Crippen LogP contribution in [-0.4, -0.2) is 17.4 Å². The molecule has 1 aliphatic rings. The first-order valence-corrected chi connectivity index (χ1v) is 5.87. The number of amides is 1. The van der Waals surface area contributed by atoms with Crippen LogP contribution in [0.5, 0.6) is 0 Å². The van der Waals surface area contributed by atoms with Gasteiger partial charge in [-0.1, -0.05) is 24.9 Å². The molecule has 4 heteroatoms. The molecule has 1 N–H and O–H groups in total. The third-order valence-electron chi connectivity index (χ3n) is 3.24. The predicted molar refractivity (Wildman–Crippen MR) is 63.5 cm³/mol. The minimum atomic E-state index is -0.133. The lowest BCUT2D eigenvalue weighted by Gasteiger charge is -2.38. The smallest absolute Gasteiger partial charge is 0.254 e. The quantitative estimate of drug-likeness (QED) is 0.823. The van der Waals surface area contributed by atoms with Crippen LogP contribution >= 0.6 is 11.6 Å². The Kier molecular flexibility index (Phi) is 3.15. The van der Waals surface area contributed by atoms with Crippen LogP contribution in [0.25, 0.3) is 0 Å². The van der Waals surface area contributed by atoms with E-state index < -0.39 is 0 Å². The van der Waals surface area contributed by atoms with E-state index in [1.807, 2.05) is 0 Å². The maximum absolute atomic E-state index is 11.8. The molecule has 0 radical (unpaired) electrons. The molecule has 1 fully saturated rings. The summed E-state index contributed by atoms with van der Waals surface area (Å²) in [6.07, 6.45) is 5.22. The zero-order valence-corrected chi connectivity index (χ0v) is 10.0. The Morgan fingerprint density at radius 3 is 2.94 bits per heavy atom. The first-order chi connectivity index (χ1) is 7.61. The molecule has 16 heavy (non-hydrogen) atoms. The van der Waals surface area contributed by atoms with Crippen molar-refractivity contribution in [2.45, 2.75) is 26.2 Å². The van der Waals surface area contributed by atoms with Crippen molar-refractivity contribution in [2.75, 3.05) is 6.54 Å². The predicted octanol–water partition coefficient (Wildman–Crippen LogP) is 2.66. The van der Waals surface area contributed by atoms with Crippen LogP contribution in [0.4, 0.5) is 0 Å². The summed E-state index contributed by atoms with van der Waals surface area (Å²) in [4.78, 5) is 15.7. The molecule has 1 aliphatic carbocycles. The van der Waals surface area contributed by atoms with Crippen molar-refractivity contribution < 1.29 is 4.79 Å². The van der Waals surface area contributed by atoms with Crippen molar-refractivity contribution >= 4 is 17.5 Å². The molecular weight excluding hydrogens is 224 g/mol. The first-order valence-electron chi connectivity index (χ1n) is 5.49. The van der Waals surface area contributed by atoms with Gasteiger partial charge < -0.3 is 5.32 Å². The standard InChI is InChI=1S/C12H15ClN2O/c1-12(5-3-6-12)8-15-11(16)9-4-2-7-14-10(9)13/h2,4,7H,3,5-6,8H2,1H3,(H,15,16). The van der Waals surface area contributed by atoms with E-state index in [9.17, 15) is 4.79 Å². The Balaban J connectivity index is 1.96. The summed E-state index contributed by atoms with van der Waals surface area (Å²) in [6.45, 7) is 2.92. The number of carbonyl (C=O) groups excluding carboxylic acids is 1. The van der Waals surface area contributed by atoms with Gasteiger partial charge in [0, 0.05) is 12.7 Å². The Hall–Kier alpha value is -1.09. The summed E-state index contributed by atoms with van der Waals surface area (Å²) in [7, 11) is 0.